The standard InChI is InChI=1S/C15H18F2N2.ClH/c1-15(2,3)19-8-10(7-18)13(9-19)12-5-4-11(16)6-14(12)17;/h4-6,10,13H,8-9H2,1-3H3;1H/t10-,13+;/m0./s1. The van der Waals surface area contributed by atoms with Crippen molar-refractivity contribution in [1.29, 1.82) is 5.26 Å². The third kappa shape index (κ3) is 3.28. The summed E-state index contributed by atoms with van der Waals surface area (Å²) in [5, 5.41) is 9.25. The molecule has 110 valence electrons. The Bertz CT molecular complexity index is 520. The second-order valence-electron chi connectivity index (χ2n) is 6.08. The van der Waals surface area contributed by atoms with Gasteiger partial charge in [-0.2, -0.15) is 5.26 Å². The maximum atomic E-state index is 13.9. The lowest BCUT2D eigenvalue weighted by molar-refractivity contribution is 0.170. The summed E-state index contributed by atoms with van der Waals surface area (Å²) in [6.45, 7) is 7.48. The van der Waals surface area contributed by atoms with E-state index in [0.29, 0.717) is 18.7 Å². The summed E-state index contributed by atoms with van der Waals surface area (Å²) in [7, 11) is 0. The number of likely N-dealkylation sites (tertiary alicyclic amines) is 1. The molecule has 0 unspecified atom stereocenters. The summed E-state index contributed by atoms with van der Waals surface area (Å²) in [5.41, 5.74) is 0.389. The van der Waals surface area contributed by atoms with E-state index in [-0.39, 0.29) is 29.8 Å². The van der Waals surface area contributed by atoms with Gasteiger partial charge in [-0.25, -0.2) is 8.78 Å². The first-order chi connectivity index (χ1) is 8.82. The van der Waals surface area contributed by atoms with E-state index in [1.165, 1.54) is 12.1 Å². The number of halogens is 3. The Hall–Kier alpha value is -1.18. The van der Waals surface area contributed by atoms with Crippen LogP contribution in [-0.4, -0.2) is 23.5 Å². The fourth-order valence-corrected chi connectivity index (χ4v) is 2.60. The van der Waals surface area contributed by atoms with Gasteiger partial charge >= 0.3 is 0 Å². The van der Waals surface area contributed by atoms with Crippen molar-refractivity contribution in [2.75, 3.05) is 13.1 Å². The number of benzene rings is 1. The molecule has 1 heterocycles. The largest absolute Gasteiger partial charge is 0.297 e. The highest BCUT2D eigenvalue weighted by atomic mass is 35.5. The molecule has 1 fully saturated rings. The zero-order chi connectivity index (χ0) is 14.2. The molecule has 20 heavy (non-hydrogen) atoms. The molecule has 5 heteroatoms. The molecule has 0 spiro atoms. The van der Waals surface area contributed by atoms with Gasteiger partial charge in [0.1, 0.15) is 11.6 Å². The lowest BCUT2D eigenvalue weighted by Gasteiger charge is -2.31. The van der Waals surface area contributed by atoms with Crippen LogP contribution < -0.4 is 0 Å². The monoisotopic (exact) mass is 300 g/mol. The quantitative estimate of drug-likeness (QED) is 0.790. The molecule has 0 aromatic heterocycles. The Kier molecular flexibility index (Phi) is 5.12. The van der Waals surface area contributed by atoms with Gasteiger partial charge in [0.15, 0.2) is 0 Å². The van der Waals surface area contributed by atoms with Gasteiger partial charge in [0.25, 0.3) is 0 Å². The normalized spacial score (nSPS) is 23.2. The van der Waals surface area contributed by atoms with Crippen LogP contribution in [0.4, 0.5) is 8.78 Å². The number of hydrogen-bond acceptors (Lipinski definition) is 2. The van der Waals surface area contributed by atoms with Gasteiger partial charge in [-0.3, -0.25) is 4.90 Å². The maximum absolute atomic E-state index is 13.9. The minimum absolute atomic E-state index is 0. The van der Waals surface area contributed by atoms with Crippen molar-refractivity contribution in [2.24, 2.45) is 5.92 Å². The molecule has 2 nitrogen and oxygen atoms in total. The number of nitrogens with zero attached hydrogens (tertiary/aromatic N) is 2. The first kappa shape index (κ1) is 16.9. The van der Waals surface area contributed by atoms with Crippen LogP contribution in [0.2, 0.25) is 0 Å². The minimum atomic E-state index is -0.583. The first-order valence-corrected chi connectivity index (χ1v) is 6.42. The van der Waals surface area contributed by atoms with Crippen LogP contribution >= 0.6 is 12.4 Å². The minimum Gasteiger partial charge on any atom is -0.297 e. The van der Waals surface area contributed by atoms with Gasteiger partial charge in [0.2, 0.25) is 0 Å². The highest BCUT2D eigenvalue weighted by molar-refractivity contribution is 5.85. The third-order valence-electron chi connectivity index (χ3n) is 3.80. The molecule has 0 radical (unpaired) electrons. The Labute approximate surface area is 124 Å². The van der Waals surface area contributed by atoms with E-state index in [4.69, 9.17) is 0 Å². The molecular weight excluding hydrogens is 282 g/mol. The molecule has 0 aliphatic carbocycles. The fourth-order valence-electron chi connectivity index (χ4n) is 2.60. The second-order valence-corrected chi connectivity index (χ2v) is 6.08. The first-order valence-electron chi connectivity index (χ1n) is 6.42. The van der Waals surface area contributed by atoms with E-state index in [0.717, 1.165) is 6.07 Å². The van der Waals surface area contributed by atoms with Gasteiger partial charge < -0.3 is 0 Å². The fraction of sp³-hybridized carbons (Fsp3) is 0.533. The molecule has 2 rings (SSSR count). The van der Waals surface area contributed by atoms with Crippen LogP contribution in [0.1, 0.15) is 32.3 Å². The van der Waals surface area contributed by atoms with Gasteiger partial charge in [0, 0.05) is 30.6 Å². The third-order valence-corrected chi connectivity index (χ3v) is 3.80. The van der Waals surface area contributed by atoms with Crippen molar-refractivity contribution in [3.05, 3.63) is 35.4 Å². The van der Waals surface area contributed by atoms with Crippen molar-refractivity contribution in [1.82, 2.24) is 4.90 Å². The molecule has 1 aromatic rings. The van der Waals surface area contributed by atoms with Crippen molar-refractivity contribution >= 4 is 12.4 Å². The predicted molar refractivity (Wildman–Crippen MR) is 76.8 cm³/mol. The van der Waals surface area contributed by atoms with E-state index in [9.17, 15) is 14.0 Å². The van der Waals surface area contributed by atoms with Crippen LogP contribution in [0.3, 0.4) is 0 Å². The highest BCUT2D eigenvalue weighted by Crippen LogP contribution is 2.36. The van der Waals surface area contributed by atoms with E-state index < -0.39 is 11.6 Å². The van der Waals surface area contributed by atoms with E-state index in [1.54, 1.807) is 0 Å². The highest BCUT2D eigenvalue weighted by Gasteiger charge is 2.39. The average molecular weight is 301 g/mol. The summed E-state index contributed by atoms with van der Waals surface area (Å²) in [6, 6.07) is 5.87. The van der Waals surface area contributed by atoms with Crippen molar-refractivity contribution in [3.63, 3.8) is 0 Å². The van der Waals surface area contributed by atoms with Crippen molar-refractivity contribution < 1.29 is 8.78 Å². The molecule has 0 bridgehead atoms. The molecule has 1 aromatic carbocycles. The molecular formula is C15H19ClF2N2. The average Bonchev–Trinajstić information content (AvgIpc) is 2.72. The molecule has 2 atom stereocenters. The lowest BCUT2D eigenvalue weighted by atomic mass is 9.89. The number of rotatable bonds is 1. The van der Waals surface area contributed by atoms with Crippen LogP contribution in [-0.2, 0) is 0 Å². The summed E-state index contributed by atoms with van der Waals surface area (Å²) >= 11 is 0. The van der Waals surface area contributed by atoms with E-state index in [2.05, 4.69) is 31.7 Å². The van der Waals surface area contributed by atoms with E-state index >= 15 is 0 Å². The Morgan fingerprint density at radius 3 is 2.40 bits per heavy atom. The van der Waals surface area contributed by atoms with Crippen LogP contribution in [0.25, 0.3) is 0 Å². The van der Waals surface area contributed by atoms with Crippen LogP contribution in [0, 0.1) is 28.9 Å². The van der Waals surface area contributed by atoms with Crippen molar-refractivity contribution in [3.8, 4) is 6.07 Å². The van der Waals surface area contributed by atoms with Gasteiger partial charge in [-0.05, 0) is 32.4 Å². The smallest absolute Gasteiger partial charge is 0.129 e. The SMILES string of the molecule is CC(C)(C)N1C[C@H](C#N)[C@H](c2ccc(F)cc2F)C1.Cl. The molecule has 0 N–H and O–H groups in total. The molecule has 1 aliphatic rings. The second kappa shape index (κ2) is 6.07. The summed E-state index contributed by atoms with van der Waals surface area (Å²) < 4.78 is 26.8. The summed E-state index contributed by atoms with van der Waals surface area (Å²) in [6.07, 6.45) is 0. The van der Waals surface area contributed by atoms with Crippen molar-refractivity contribution in [2.45, 2.75) is 32.2 Å². The number of hydrogen-bond donors (Lipinski definition) is 0. The maximum Gasteiger partial charge on any atom is 0.129 e. The van der Waals surface area contributed by atoms with Gasteiger partial charge in [0.05, 0.1) is 12.0 Å². The molecule has 0 saturated carbocycles. The van der Waals surface area contributed by atoms with Crippen LogP contribution in [0.15, 0.2) is 18.2 Å². The zero-order valence-electron chi connectivity index (χ0n) is 11.9. The molecule has 0 amide bonds. The molecule has 1 aliphatic heterocycles. The Balaban J connectivity index is 0.00000200. The summed E-state index contributed by atoms with van der Waals surface area (Å²) in [5.74, 6) is -1.58. The van der Waals surface area contributed by atoms with Crippen LogP contribution in [0.5, 0.6) is 0 Å². The van der Waals surface area contributed by atoms with Gasteiger partial charge in [-0.15, -0.1) is 12.4 Å². The predicted octanol–water partition coefficient (Wildman–Crippen LogP) is 3.72. The summed E-state index contributed by atoms with van der Waals surface area (Å²) in [4.78, 5) is 2.17. The Morgan fingerprint density at radius 2 is 1.90 bits per heavy atom. The lowest BCUT2D eigenvalue weighted by Crippen LogP contribution is -2.39. The molecule has 1 saturated heterocycles. The zero-order valence-corrected chi connectivity index (χ0v) is 12.7. The van der Waals surface area contributed by atoms with Gasteiger partial charge in [-0.1, -0.05) is 6.07 Å². The Morgan fingerprint density at radius 1 is 1.25 bits per heavy atom. The van der Waals surface area contributed by atoms with E-state index in [1.807, 2.05) is 0 Å². The topological polar surface area (TPSA) is 27.0 Å². The number of nitriles is 1.